The maximum atomic E-state index is 14.7. The van der Waals surface area contributed by atoms with Crippen molar-refractivity contribution in [1.29, 1.82) is 0 Å². The molecule has 1 aliphatic rings. The fourth-order valence-electron chi connectivity index (χ4n) is 3.65. The highest BCUT2D eigenvalue weighted by molar-refractivity contribution is 6.28. The van der Waals surface area contributed by atoms with Gasteiger partial charge in [-0.15, -0.1) is 0 Å². The highest BCUT2D eigenvalue weighted by Crippen LogP contribution is 2.45. The van der Waals surface area contributed by atoms with E-state index in [0.29, 0.717) is 13.3 Å². The molecule has 2 aromatic rings. The van der Waals surface area contributed by atoms with Gasteiger partial charge in [-0.25, -0.2) is 18.4 Å². The number of hydrogen-bond donors (Lipinski definition) is 0. The summed E-state index contributed by atoms with van der Waals surface area (Å²) in [5.74, 6) is -3.00. The number of hydrogen-bond acceptors (Lipinski definition) is 4. The molecule has 0 bridgehead atoms. The molecule has 1 aliphatic heterocycles. The van der Waals surface area contributed by atoms with Crippen molar-refractivity contribution in [2.24, 2.45) is 0 Å². The molecule has 0 saturated carbocycles. The summed E-state index contributed by atoms with van der Waals surface area (Å²) in [5, 5.41) is 2.78. The highest BCUT2D eigenvalue weighted by atomic mass is 35.5. The van der Waals surface area contributed by atoms with E-state index in [2.05, 4.69) is 15.0 Å². The molecule has 1 fully saturated rings. The maximum absolute atomic E-state index is 14.7. The molecule has 30 heavy (non-hydrogen) atoms. The largest absolute Gasteiger partial charge is 0.493 e. The van der Waals surface area contributed by atoms with Gasteiger partial charge in [0.05, 0.1) is 12.2 Å². The lowest BCUT2D eigenvalue weighted by Gasteiger charge is -2.33. The molecule has 0 amide bonds. The number of aromatic nitrogens is 3. The third kappa shape index (κ3) is 4.54. The van der Waals surface area contributed by atoms with E-state index in [1.54, 1.807) is 0 Å². The average Bonchev–Trinajstić information content (AvgIpc) is 3.11. The lowest BCUT2D eigenvalue weighted by atomic mass is 9.90. The van der Waals surface area contributed by atoms with E-state index in [1.807, 2.05) is 0 Å². The SMILES string of the molecule is CC(c1c(F)cc(OCCCN2CCCCC2)cc1F)(n1ncnc1Cl)C(F)(F)F. The van der Waals surface area contributed by atoms with E-state index in [1.165, 1.54) is 6.42 Å². The van der Waals surface area contributed by atoms with Crippen LogP contribution in [0.2, 0.25) is 5.28 Å². The first-order chi connectivity index (χ1) is 14.1. The van der Waals surface area contributed by atoms with E-state index in [-0.39, 0.29) is 17.0 Å². The molecule has 1 aromatic heterocycles. The zero-order chi connectivity index (χ0) is 21.9. The van der Waals surface area contributed by atoms with Crippen LogP contribution in [-0.4, -0.2) is 52.1 Å². The number of halogens is 6. The first-order valence-electron chi connectivity index (χ1n) is 9.62. The molecule has 1 atom stereocenters. The topological polar surface area (TPSA) is 43.2 Å². The molecule has 0 spiro atoms. The Morgan fingerprint density at radius 3 is 2.27 bits per heavy atom. The summed E-state index contributed by atoms with van der Waals surface area (Å²) < 4.78 is 76.8. The molecule has 0 radical (unpaired) electrons. The van der Waals surface area contributed by atoms with Gasteiger partial charge in [0, 0.05) is 18.7 Å². The van der Waals surface area contributed by atoms with Gasteiger partial charge in [-0.2, -0.15) is 18.3 Å². The second kappa shape index (κ2) is 9.05. The average molecular weight is 453 g/mol. The Kier molecular flexibility index (Phi) is 6.86. The van der Waals surface area contributed by atoms with E-state index >= 15 is 0 Å². The highest BCUT2D eigenvalue weighted by Gasteiger charge is 2.58. The second-order valence-corrected chi connectivity index (χ2v) is 7.72. The van der Waals surface area contributed by atoms with Crippen LogP contribution in [0.1, 0.15) is 38.2 Å². The predicted molar refractivity (Wildman–Crippen MR) is 101 cm³/mol. The smallest absolute Gasteiger partial charge is 0.417 e. The Balaban J connectivity index is 1.78. The van der Waals surface area contributed by atoms with E-state index in [4.69, 9.17) is 16.3 Å². The number of nitrogens with zero attached hydrogens (tertiary/aromatic N) is 4. The Bertz CT molecular complexity index is 846. The van der Waals surface area contributed by atoms with Crippen molar-refractivity contribution in [3.8, 4) is 5.75 Å². The van der Waals surface area contributed by atoms with Crippen molar-refractivity contribution >= 4 is 11.6 Å². The third-order valence-corrected chi connectivity index (χ3v) is 5.58. The van der Waals surface area contributed by atoms with Gasteiger partial charge in [0.1, 0.15) is 23.7 Å². The quantitative estimate of drug-likeness (QED) is 0.447. The van der Waals surface area contributed by atoms with Crippen LogP contribution >= 0.6 is 11.6 Å². The van der Waals surface area contributed by atoms with Crippen molar-refractivity contribution in [2.75, 3.05) is 26.2 Å². The maximum Gasteiger partial charge on any atom is 0.417 e. The number of alkyl halides is 3. The van der Waals surface area contributed by atoms with Crippen molar-refractivity contribution < 1.29 is 26.7 Å². The molecule has 1 unspecified atom stereocenters. The van der Waals surface area contributed by atoms with Crippen molar-refractivity contribution in [3.63, 3.8) is 0 Å². The minimum absolute atomic E-state index is 0.179. The summed E-state index contributed by atoms with van der Waals surface area (Å²) in [6.07, 6.45) is -0.182. The van der Waals surface area contributed by atoms with E-state index < -0.39 is 34.2 Å². The standard InChI is InChI=1S/C19H22ClF5N4O/c1-18(19(23,24)25,29-17(20)26-12-27-29)16-14(21)10-13(11-15(16)22)30-9-5-8-28-6-3-2-4-7-28/h10-12H,2-9H2,1H3. The number of likely N-dealkylation sites (tertiary alicyclic amines) is 1. The van der Waals surface area contributed by atoms with Crippen LogP contribution in [0.25, 0.3) is 0 Å². The van der Waals surface area contributed by atoms with Crippen molar-refractivity contribution in [3.05, 3.63) is 40.9 Å². The van der Waals surface area contributed by atoms with Gasteiger partial charge in [-0.05, 0) is 50.9 Å². The molecular formula is C19H22ClF5N4O. The van der Waals surface area contributed by atoms with Crippen LogP contribution < -0.4 is 4.74 Å². The lowest BCUT2D eigenvalue weighted by molar-refractivity contribution is -0.199. The van der Waals surface area contributed by atoms with Crippen molar-refractivity contribution in [1.82, 2.24) is 19.7 Å². The molecule has 5 nitrogen and oxygen atoms in total. The molecule has 1 saturated heterocycles. The Morgan fingerprint density at radius 1 is 1.10 bits per heavy atom. The summed E-state index contributed by atoms with van der Waals surface area (Å²) in [7, 11) is 0. The van der Waals surface area contributed by atoms with Crippen molar-refractivity contribution in [2.45, 2.75) is 44.3 Å². The zero-order valence-electron chi connectivity index (χ0n) is 16.4. The Hall–Kier alpha value is -1.94. The van der Waals surface area contributed by atoms with Crippen LogP contribution in [0, 0.1) is 11.6 Å². The summed E-state index contributed by atoms with van der Waals surface area (Å²) in [4.78, 5) is 5.72. The Morgan fingerprint density at radius 2 is 1.73 bits per heavy atom. The van der Waals surface area contributed by atoms with Gasteiger partial charge in [0.2, 0.25) is 5.28 Å². The summed E-state index contributed by atoms with van der Waals surface area (Å²) in [6, 6.07) is 1.49. The number of piperidine rings is 1. The molecule has 166 valence electrons. The molecule has 3 rings (SSSR count). The molecule has 0 aliphatic carbocycles. The molecule has 0 N–H and O–H groups in total. The first kappa shape index (κ1) is 22.7. The Labute approximate surface area is 175 Å². The van der Waals surface area contributed by atoms with Gasteiger partial charge >= 0.3 is 6.18 Å². The fraction of sp³-hybridized carbons (Fsp3) is 0.579. The van der Waals surface area contributed by atoms with E-state index in [9.17, 15) is 22.0 Å². The number of rotatable bonds is 7. The van der Waals surface area contributed by atoms with Gasteiger partial charge < -0.3 is 9.64 Å². The van der Waals surface area contributed by atoms with Gasteiger partial charge in [-0.3, -0.25) is 0 Å². The van der Waals surface area contributed by atoms with Crippen LogP contribution in [0.15, 0.2) is 18.5 Å². The van der Waals surface area contributed by atoms with Crippen LogP contribution in [0.4, 0.5) is 22.0 Å². The predicted octanol–water partition coefficient (Wildman–Crippen LogP) is 4.79. The number of ether oxygens (including phenoxy) is 1. The summed E-state index contributed by atoms with van der Waals surface area (Å²) in [6.45, 7) is 3.60. The second-order valence-electron chi connectivity index (χ2n) is 7.38. The fourth-order valence-corrected chi connectivity index (χ4v) is 3.91. The molecule has 11 heteroatoms. The molecular weight excluding hydrogens is 431 g/mol. The minimum Gasteiger partial charge on any atom is -0.493 e. The minimum atomic E-state index is -5.11. The van der Waals surface area contributed by atoms with Gasteiger partial charge in [0.15, 0.2) is 5.54 Å². The van der Waals surface area contributed by atoms with Crippen LogP contribution in [-0.2, 0) is 5.54 Å². The third-order valence-electron chi connectivity index (χ3n) is 5.32. The van der Waals surface area contributed by atoms with E-state index in [0.717, 1.165) is 50.9 Å². The summed E-state index contributed by atoms with van der Waals surface area (Å²) in [5.41, 5.74) is -4.43. The molecule has 1 aromatic carbocycles. The monoisotopic (exact) mass is 452 g/mol. The lowest BCUT2D eigenvalue weighted by Crippen LogP contribution is -2.48. The number of benzene rings is 1. The first-order valence-corrected chi connectivity index (χ1v) is 10.00. The summed E-state index contributed by atoms with van der Waals surface area (Å²) >= 11 is 5.68. The molecule has 2 heterocycles. The van der Waals surface area contributed by atoms with Crippen LogP contribution in [0.5, 0.6) is 5.75 Å². The van der Waals surface area contributed by atoms with Gasteiger partial charge in [-0.1, -0.05) is 6.42 Å². The normalized spacial score (nSPS) is 17.7. The van der Waals surface area contributed by atoms with Crippen LogP contribution in [0.3, 0.4) is 0 Å². The zero-order valence-corrected chi connectivity index (χ0v) is 17.1. The van der Waals surface area contributed by atoms with Gasteiger partial charge in [0.25, 0.3) is 0 Å².